The molecule has 18 heavy (non-hydrogen) atoms. The molecular formula is C15H27ClN2. The first-order valence-electron chi connectivity index (χ1n) is 6.86. The number of hydrogen-bond donors (Lipinski definition) is 1. The Morgan fingerprint density at radius 2 is 1.61 bits per heavy atom. The quantitative estimate of drug-likeness (QED) is 0.722. The van der Waals surface area contributed by atoms with Crippen molar-refractivity contribution in [2.45, 2.75) is 40.2 Å². The van der Waals surface area contributed by atoms with Crippen LogP contribution >= 0.6 is 12.4 Å². The molecule has 0 heterocycles. The highest BCUT2D eigenvalue weighted by Gasteiger charge is 2.00. The first kappa shape index (κ1) is 17.3. The zero-order valence-electron chi connectivity index (χ0n) is 11.9. The normalized spacial score (nSPS) is 9.94. The molecule has 0 atom stereocenters. The molecule has 1 aromatic carbocycles. The predicted octanol–water partition coefficient (Wildman–Crippen LogP) is 3.84. The second-order valence-corrected chi connectivity index (χ2v) is 4.37. The van der Waals surface area contributed by atoms with Gasteiger partial charge in [-0.25, -0.2) is 0 Å². The summed E-state index contributed by atoms with van der Waals surface area (Å²) in [6.45, 7) is 10.9. The van der Waals surface area contributed by atoms with Gasteiger partial charge in [0.15, 0.2) is 0 Å². The smallest absolute Gasteiger partial charge is 0.0366 e. The summed E-state index contributed by atoms with van der Waals surface area (Å²) in [5, 5.41) is 3.47. The van der Waals surface area contributed by atoms with E-state index in [1.54, 1.807) is 0 Å². The third-order valence-electron chi connectivity index (χ3n) is 3.10. The number of nitrogens with zero attached hydrogens (tertiary/aromatic N) is 1. The summed E-state index contributed by atoms with van der Waals surface area (Å²) >= 11 is 0. The van der Waals surface area contributed by atoms with Gasteiger partial charge in [0, 0.05) is 25.3 Å². The number of halogens is 1. The van der Waals surface area contributed by atoms with Gasteiger partial charge in [0.05, 0.1) is 0 Å². The number of rotatable bonds is 8. The highest BCUT2D eigenvalue weighted by molar-refractivity contribution is 5.85. The molecule has 0 fully saturated rings. The predicted molar refractivity (Wildman–Crippen MR) is 83.9 cm³/mol. The van der Waals surface area contributed by atoms with Gasteiger partial charge in [0.25, 0.3) is 0 Å². The van der Waals surface area contributed by atoms with Gasteiger partial charge in [-0.2, -0.15) is 0 Å². The van der Waals surface area contributed by atoms with Crippen LogP contribution in [0.1, 0.15) is 39.2 Å². The minimum atomic E-state index is 0. The van der Waals surface area contributed by atoms with Crippen LogP contribution in [-0.4, -0.2) is 19.6 Å². The largest absolute Gasteiger partial charge is 0.372 e. The molecule has 0 aliphatic carbocycles. The fourth-order valence-corrected chi connectivity index (χ4v) is 1.95. The van der Waals surface area contributed by atoms with E-state index in [-0.39, 0.29) is 12.4 Å². The molecule has 1 N–H and O–H groups in total. The molecule has 0 saturated carbocycles. The summed E-state index contributed by atoms with van der Waals surface area (Å²) in [4.78, 5) is 2.37. The lowest BCUT2D eigenvalue weighted by molar-refractivity contribution is 0.641. The lowest BCUT2D eigenvalue weighted by Crippen LogP contribution is -2.21. The first-order chi connectivity index (χ1) is 8.31. The molecule has 0 saturated heterocycles. The Balaban J connectivity index is 0.00000289. The maximum Gasteiger partial charge on any atom is 0.0366 e. The molecule has 0 spiro atoms. The summed E-state index contributed by atoms with van der Waals surface area (Å²) in [7, 11) is 0. The van der Waals surface area contributed by atoms with Crippen LogP contribution in [0.2, 0.25) is 0 Å². The molecule has 0 aliphatic rings. The zero-order chi connectivity index (χ0) is 12.5. The first-order valence-corrected chi connectivity index (χ1v) is 6.86. The van der Waals surface area contributed by atoms with E-state index in [0.717, 1.165) is 26.2 Å². The summed E-state index contributed by atoms with van der Waals surface area (Å²) in [5.74, 6) is 0. The summed E-state index contributed by atoms with van der Waals surface area (Å²) in [6.07, 6.45) is 2.52. The number of benzene rings is 1. The van der Waals surface area contributed by atoms with Crippen LogP contribution in [0.15, 0.2) is 24.3 Å². The van der Waals surface area contributed by atoms with Crippen LogP contribution in [0.4, 0.5) is 5.69 Å². The Kier molecular flexibility index (Phi) is 9.80. The average Bonchev–Trinajstić information content (AvgIpc) is 2.38. The van der Waals surface area contributed by atoms with E-state index < -0.39 is 0 Å². The molecule has 0 amide bonds. The second kappa shape index (κ2) is 10.2. The van der Waals surface area contributed by atoms with Gasteiger partial charge in [0.1, 0.15) is 0 Å². The van der Waals surface area contributed by atoms with Crippen LogP contribution in [0.25, 0.3) is 0 Å². The number of hydrogen-bond acceptors (Lipinski definition) is 2. The van der Waals surface area contributed by atoms with Gasteiger partial charge in [-0.1, -0.05) is 25.5 Å². The summed E-state index contributed by atoms with van der Waals surface area (Å²) in [6, 6.07) is 8.91. The molecule has 0 aromatic heterocycles. The Morgan fingerprint density at radius 1 is 1.00 bits per heavy atom. The van der Waals surface area contributed by atoms with Crippen molar-refractivity contribution < 1.29 is 0 Å². The Bertz CT molecular complexity index is 294. The minimum absolute atomic E-state index is 0. The Hall–Kier alpha value is -0.730. The van der Waals surface area contributed by atoms with Crippen molar-refractivity contribution in [1.82, 2.24) is 5.32 Å². The van der Waals surface area contributed by atoms with Crippen LogP contribution in [0.3, 0.4) is 0 Å². The van der Waals surface area contributed by atoms with Crippen molar-refractivity contribution in [3.63, 3.8) is 0 Å². The van der Waals surface area contributed by atoms with Gasteiger partial charge in [-0.05, 0) is 44.5 Å². The number of unbranched alkanes of at least 4 members (excludes halogenated alkanes) is 1. The molecule has 0 aliphatic heterocycles. The van der Waals surface area contributed by atoms with Crippen molar-refractivity contribution >= 4 is 18.1 Å². The molecule has 0 unspecified atom stereocenters. The fraction of sp³-hybridized carbons (Fsp3) is 0.600. The van der Waals surface area contributed by atoms with Gasteiger partial charge >= 0.3 is 0 Å². The highest BCUT2D eigenvalue weighted by Crippen LogP contribution is 2.14. The monoisotopic (exact) mass is 270 g/mol. The van der Waals surface area contributed by atoms with Gasteiger partial charge in [0.2, 0.25) is 0 Å². The van der Waals surface area contributed by atoms with E-state index in [1.165, 1.54) is 24.1 Å². The number of anilines is 1. The standard InChI is InChI=1S/C15H26N2.ClH/c1-4-7-12-16-13-14-8-10-15(11-9-14)17(5-2)6-3;/h8-11,16H,4-7,12-13H2,1-3H3;1H. The van der Waals surface area contributed by atoms with Crippen molar-refractivity contribution in [1.29, 1.82) is 0 Å². The van der Waals surface area contributed by atoms with Crippen LogP contribution in [0, 0.1) is 0 Å². The SMILES string of the molecule is CCCCNCc1ccc(N(CC)CC)cc1.Cl. The van der Waals surface area contributed by atoms with Crippen molar-refractivity contribution in [3.8, 4) is 0 Å². The molecular weight excluding hydrogens is 244 g/mol. The fourth-order valence-electron chi connectivity index (χ4n) is 1.95. The lowest BCUT2D eigenvalue weighted by atomic mass is 10.2. The van der Waals surface area contributed by atoms with Crippen molar-refractivity contribution in [2.75, 3.05) is 24.5 Å². The van der Waals surface area contributed by atoms with E-state index in [1.807, 2.05) is 0 Å². The summed E-state index contributed by atoms with van der Waals surface area (Å²) < 4.78 is 0. The zero-order valence-corrected chi connectivity index (χ0v) is 12.7. The molecule has 0 bridgehead atoms. The average molecular weight is 271 g/mol. The molecule has 3 heteroatoms. The summed E-state index contributed by atoms with van der Waals surface area (Å²) in [5.41, 5.74) is 2.70. The minimum Gasteiger partial charge on any atom is -0.372 e. The molecule has 104 valence electrons. The molecule has 2 nitrogen and oxygen atoms in total. The van der Waals surface area contributed by atoms with Crippen LogP contribution < -0.4 is 10.2 Å². The maximum absolute atomic E-state index is 3.47. The second-order valence-electron chi connectivity index (χ2n) is 4.37. The number of nitrogens with one attached hydrogen (secondary N) is 1. The third kappa shape index (κ3) is 5.74. The van der Waals surface area contributed by atoms with Crippen molar-refractivity contribution in [2.24, 2.45) is 0 Å². The third-order valence-corrected chi connectivity index (χ3v) is 3.10. The molecule has 0 radical (unpaired) electrons. The lowest BCUT2D eigenvalue weighted by Gasteiger charge is -2.21. The van der Waals surface area contributed by atoms with Crippen molar-refractivity contribution in [3.05, 3.63) is 29.8 Å². The van der Waals surface area contributed by atoms with Gasteiger partial charge in [-0.15, -0.1) is 12.4 Å². The maximum atomic E-state index is 3.47. The van der Waals surface area contributed by atoms with Crippen LogP contribution in [0.5, 0.6) is 0 Å². The van der Waals surface area contributed by atoms with Crippen LogP contribution in [-0.2, 0) is 6.54 Å². The van der Waals surface area contributed by atoms with Gasteiger partial charge < -0.3 is 10.2 Å². The van der Waals surface area contributed by atoms with E-state index >= 15 is 0 Å². The van der Waals surface area contributed by atoms with Gasteiger partial charge in [-0.3, -0.25) is 0 Å². The van der Waals surface area contributed by atoms with E-state index in [0.29, 0.717) is 0 Å². The van der Waals surface area contributed by atoms with E-state index in [9.17, 15) is 0 Å². The highest BCUT2D eigenvalue weighted by atomic mass is 35.5. The van der Waals surface area contributed by atoms with E-state index in [4.69, 9.17) is 0 Å². The topological polar surface area (TPSA) is 15.3 Å². The van der Waals surface area contributed by atoms with E-state index in [2.05, 4.69) is 55.3 Å². The Labute approximate surface area is 118 Å². The Morgan fingerprint density at radius 3 is 2.11 bits per heavy atom. The molecule has 1 aromatic rings. The molecule has 1 rings (SSSR count).